The second-order valence-electron chi connectivity index (χ2n) is 5.10. The number of ether oxygens (including phenoxy) is 1. The Morgan fingerprint density at radius 3 is 2.19 bits per heavy atom. The van der Waals surface area contributed by atoms with Crippen LogP contribution in [0.5, 0.6) is 5.75 Å². The number of benzene rings is 1. The van der Waals surface area contributed by atoms with Crippen molar-refractivity contribution in [2.24, 2.45) is 0 Å². The first-order valence-corrected chi connectivity index (χ1v) is 8.78. The van der Waals surface area contributed by atoms with Crippen LogP contribution in [-0.4, -0.2) is 29.4 Å². The van der Waals surface area contributed by atoms with Crippen molar-refractivity contribution in [3.63, 3.8) is 0 Å². The van der Waals surface area contributed by atoms with Crippen molar-refractivity contribution in [2.75, 3.05) is 18.5 Å². The van der Waals surface area contributed by atoms with Crippen LogP contribution >= 0.6 is 15.9 Å². The van der Waals surface area contributed by atoms with Gasteiger partial charge in [0, 0.05) is 10.9 Å². The highest BCUT2D eigenvalue weighted by Gasteiger charge is 2.15. The molecule has 21 heavy (non-hydrogen) atoms. The van der Waals surface area contributed by atoms with E-state index in [0.29, 0.717) is 12.2 Å². The number of hydrogen-bond acceptors (Lipinski definition) is 3. The Morgan fingerprint density at radius 1 is 1.19 bits per heavy atom. The minimum absolute atomic E-state index is 0.225. The quantitative estimate of drug-likeness (QED) is 0.392. The van der Waals surface area contributed by atoms with Gasteiger partial charge in [0.2, 0.25) is 0 Å². The summed E-state index contributed by atoms with van der Waals surface area (Å²) in [6, 6.07) is 3.76. The lowest BCUT2D eigenvalue weighted by molar-refractivity contribution is 0.0903. The molecule has 0 fully saturated rings. The molecule has 0 saturated carbocycles. The van der Waals surface area contributed by atoms with Crippen LogP contribution in [0.1, 0.15) is 54.6 Å². The Bertz CT molecular complexity index is 430. The van der Waals surface area contributed by atoms with E-state index in [1.807, 2.05) is 12.1 Å². The second kappa shape index (κ2) is 9.96. The van der Waals surface area contributed by atoms with Gasteiger partial charge in [-0.2, -0.15) is 0 Å². The van der Waals surface area contributed by atoms with Gasteiger partial charge < -0.3 is 9.84 Å². The van der Waals surface area contributed by atoms with E-state index in [9.17, 15) is 4.79 Å². The van der Waals surface area contributed by atoms with Crippen molar-refractivity contribution < 1.29 is 14.6 Å². The number of rotatable bonds is 10. The minimum Gasteiger partial charge on any atom is -0.493 e. The highest BCUT2D eigenvalue weighted by molar-refractivity contribution is 9.09. The first-order valence-electron chi connectivity index (χ1n) is 7.66. The number of carbonyl (C=O) groups is 1. The van der Waals surface area contributed by atoms with E-state index in [1.54, 1.807) is 0 Å². The summed E-state index contributed by atoms with van der Waals surface area (Å²) in [4.78, 5) is 11.8. The number of aryl methyl sites for hydroxylation is 2. The molecule has 1 aromatic carbocycles. The first-order chi connectivity index (χ1) is 10.2. The zero-order valence-electron chi connectivity index (χ0n) is 13.0. The van der Waals surface area contributed by atoms with Crippen LogP contribution in [0, 0.1) is 0 Å². The third-order valence-corrected chi connectivity index (χ3v) is 3.83. The molecule has 0 amide bonds. The minimum atomic E-state index is -0.444. The molecule has 0 unspecified atom stereocenters. The molecule has 0 atom stereocenters. The lowest BCUT2D eigenvalue weighted by Gasteiger charge is -2.17. The maximum absolute atomic E-state index is 11.8. The van der Waals surface area contributed by atoms with Gasteiger partial charge in [0.15, 0.2) is 5.78 Å². The van der Waals surface area contributed by atoms with Crippen LogP contribution in [0.3, 0.4) is 0 Å². The van der Waals surface area contributed by atoms with E-state index in [4.69, 9.17) is 9.84 Å². The number of ketones is 1. The van der Waals surface area contributed by atoms with Gasteiger partial charge >= 0.3 is 0 Å². The van der Waals surface area contributed by atoms with Crippen LogP contribution in [-0.2, 0) is 12.8 Å². The highest BCUT2D eigenvalue weighted by Crippen LogP contribution is 2.29. The molecule has 0 radical (unpaired) electrons. The number of alkyl halides is 1. The molecule has 0 spiro atoms. The molecule has 4 heteroatoms. The Hall–Kier alpha value is -0.870. The number of carbonyl (C=O) groups excluding carboxylic acids is 1. The van der Waals surface area contributed by atoms with E-state index in [0.717, 1.165) is 54.3 Å². The van der Waals surface area contributed by atoms with Crippen LogP contribution in [0.25, 0.3) is 0 Å². The number of aliphatic hydroxyl groups excluding tert-OH is 1. The molecule has 0 aliphatic carbocycles. The molecule has 0 heterocycles. The fourth-order valence-corrected chi connectivity index (χ4v) is 2.56. The van der Waals surface area contributed by atoms with Crippen molar-refractivity contribution in [1.82, 2.24) is 0 Å². The third kappa shape index (κ3) is 5.44. The smallest absolute Gasteiger partial charge is 0.188 e. The van der Waals surface area contributed by atoms with Gasteiger partial charge in [0.1, 0.15) is 12.4 Å². The second-order valence-corrected chi connectivity index (χ2v) is 5.89. The number of hydrogen-bond donors (Lipinski definition) is 1. The first kappa shape index (κ1) is 18.2. The average molecular weight is 357 g/mol. The summed E-state index contributed by atoms with van der Waals surface area (Å²) in [5, 5.41) is 10.0. The Balaban J connectivity index is 3.18. The molecule has 0 saturated heterocycles. The zero-order valence-corrected chi connectivity index (χ0v) is 14.5. The number of aliphatic hydroxyl groups is 1. The van der Waals surface area contributed by atoms with Gasteiger partial charge in [0.25, 0.3) is 0 Å². The molecular formula is C17H25BrO3. The summed E-state index contributed by atoms with van der Waals surface area (Å²) < 4.78 is 5.98. The normalized spacial score (nSPS) is 10.7. The highest BCUT2D eigenvalue weighted by atomic mass is 79.9. The summed E-state index contributed by atoms with van der Waals surface area (Å²) >= 11 is 3.41. The molecule has 118 valence electrons. The predicted octanol–water partition coefficient (Wildman–Crippen LogP) is 3.93. The monoisotopic (exact) mass is 356 g/mol. The van der Waals surface area contributed by atoms with E-state index in [-0.39, 0.29) is 5.78 Å². The summed E-state index contributed by atoms with van der Waals surface area (Å²) in [7, 11) is 0. The van der Waals surface area contributed by atoms with Crippen molar-refractivity contribution in [3.8, 4) is 5.75 Å². The van der Waals surface area contributed by atoms with Gasteiger partial charge in [0.05, 0.1) is 6.61 Å². The SMILES string of the molecule is CCCc1cc(C(=O)CO)cc(CCC)c1OCCCBr. The molecule has 1 rings (SSSR count). The average Bonchev–Trinajstić information content (AvgIpc) is 2.49. The van der Waals surface area contributed by atoms with Gasteiger partial charge in [-0.1, -0.05) is 42.6 Å². The molecule has 0 aromatic heterocycles. The van der Waals surface area contributed by atoms with Crippen molar-refractivity contribution in [1.29, 1.82) is 0 Å². The summed E-state index contributed by atoms with van der Waals surface area (Å²) in [5.74, 6) is 0.714. The molecule has 0 aliphatic rings. The predicted molar refractivity (Wildman–Crippen MR) is 89.8 cm³/mol. The van der Waals surface area contributed by atoms with E-state index in [1.165, 1.54) is 0 Å². The molecular weight excluding hydrogens is 332 g/mol. The van der Waals surface area contributed by atoms with Crippen molar-refractivity contribution in [2.45, 2.75) is 46.0 Å². The van der Waals surface area contributed by atoms with E-state index < -0.39 is 6.61 Å². The maximum Gasteiger partial charge on any atom is 0.188 e. The third-order valence-electron chi connectivity index (χ3n) is 3.27. The van der Waals surface area contributed by atoms with Gasteiger partial charge in [-0.25, -0.2) is 0 Å². The number of halogens is 1. The van der Waals surface area contributed by atoms with Crippen LogP contribution in [0.15, 0.2) is 12.1 Å². The maximum atomic E-state index is 11.8. The lowest BCUT2D eigenvalue weighted by atomic mass is 9.96. The number of Topliss-reactive ketones (excluding diaryl/α,β-unsaturated/α-hetero) is 1. The summed E-state index contributed by atoms with van der Waals surface area (Å²) in [5.41, 5.74) is 2.75. The topological polar surface area (TPSA) is 46.5 Å². The van der Waals surface area contributed by atoms with Crippen LogP contribution < -0.4 is 4.74 Å². The summed E-state index contributed by atoms with van der Waals surface area (Å²) in [6.45, 7) is 4.46. The van der Waals surface area contributed by atoms with E-state index in [2.05, 4.69) is 29.8 Å². The molecule has 1 N–H and O–H groups in total. The van der Waals surface area contributed by atoms with Crippen LogP contribution in [0.2, 0.25) is 0 Å². The largest absolute Gasteiger partial charge is 0.493 e. The van der Waals surface area contributed by atoms with Gasteiger partial charge in [-0.3, -0.25) is 4.79 Å². The lowest BCUT2D eigenvalue weighted by Crippen LogP contribution is -2.09. The Morgan fingerprint density at radius 2 is 1.76 bits per heavy atom. The zero-order chi connectivity index (χ0) is 15.7. The van der Waals surface area contributed by atoms with Gasteiger partial charge in [-0.05, 0) is 42.5 Å². The molecule has 1 aromatic rings. The van der Waals surface area contributed by atoms with Gasteiger partial charge in [-0.15, -0.1) is 0 Å². The molecule has 3 nitrogen and oxygen atoms in total. The molecule has 0 bridgehead atoms. The standard InChI is InChI=1S/C17H25BrO3/c1-3-6-13-10-15(16(20)12-19)11-14(7-4-2)17(13)21-9-5-8-18/h10-11,19H,3-9,12H2,1-2H3. The fourth-order valence-electron chi connectivity index (χ4n) is 2.33. The summed E-state index contributed by atoms with van der Waals surface area (Å²) in [6.07, 6.45) is 4.71. The van der Waals surface area contributed by atoms with Crippen molar-refractivity contribution >= 4 is 21.7 Å². The van der Waals surface area contributed by atoms with E-state index >= 15 is 0 Å². The van der Waals surface area contributed by atoms with Crippen molar-refractivity contribution in [3.05, 3.63) is 28.8 Å². The fraction of sp³-hybridized carbons (Fsp3) is 0.588. The Kier molecular flexibility index (Phi) is 8.62. The Labute approximate surface area is 135 Å². The molecule has 0 aliphatic heterocycles. The van der Waals surface area contributed by atoms with Crippen LogP contribution in [0.4, 0.5) is 0 Å².